The van der Waals surface area contributed by atoms with Crippen LogP contribution in [0.1, 0.15) is 13.3 Å². The molecule has 0 saturated carbocycles. The molecule has 0 bridgehead atoms. The first-order valence-electron chi connectivity index (χ1n) is 4.13. The quantitative estimate of drug-likeness (QED) is 0.774. The molecule has 2 N–H and O–H groups in total. The topological polar surface area (TPSA) is 49.3 Å². The molecule has 0 aliphatic heterocycles. The number of hydrogen-bond donors (Lipinski definition) is 2. The van der Waals surface area contributed by atoms with Crippen molar-refractivity contribution in [3.8, 4) is 0 Å². The highest BCUT2D eigenvalue weighted by Gasteiger charge is 2.31. The molecule has 1 amide bonds. The summed E-state index contributed by atoms with van der Waals surface area (Å²) >= 11 is 15.8. The minimum Gasteiger partial charge on any atom is -0.396 e. The zero-order valence-electron chi connectivity index (χ0n) is 7.94. The van der Waals surface area contributed by atoms with Gasteiger partial charge in [0, 0.05) is 6.61 Å². The summed E-state index contributed by atoms with van der Waals surface area (Å²) in [4.78, 5) is 11.1. The number of hydrogen-bond acceptors (Lipinski definition) is 2. The van der Waals surface area contributed by atoms with Crippen molar-refractivity contribution in [2.75, 3.05) is 6.61 Å². The third-order valence-corrected chi connectivity index (χ3v) is 2.00. The standard InChI is InChI=1S/C8H11Cl3FNO2/c1-5(6(12)3-2-4-14)13-7(15)8(9,10)11/h3,5,14H,2,4H2,1H3,(H,13,15)/b6-3-. The number of carbonyl (C=O) groups excluding carboxylic acids is 1. The Kier molecular flexibility index (Phi) is 6.52. The van der Waals surface area contributed by atoms with Crippen LogP contribution in [0.5, 0.6) is 0 Å². The summed E-state index contributed by atoms with van der Waals surface area (Å²) in [5.74, 6) is -1.49. The summed E-state index contributed by atoms with van der Waals surface area (Å²) in [6.45, 7) is 1.23. The molecule has 0 saturated heterocycles. The van der Waals surface area contributed by atoms with Crippen molar-refractivity contribution in [2.45, 2.75) is 23.2 Å². The number of halogens is 4. The van der Waals surface area contributed by atoms with Gasteiger partial charge < -0.3 is 10.4 Å². The molecule has 1 atom stereocenters. The number of amides is 1. The van der Waals surface area contributed by atoms with Gasteiger partial charge in [-0.1, -0.05) is 34.8 Å². The normalized spacial score (nSPS) is 14.9. The van der Waals surface area contributed by atoms with Crippen molar-refractivity contribution in [3.05, 3.63) is 11.9 Å². The molecule has 0 aromatic heterocycles. The third-order valence-electron chi connectivity index (χ3n) is 1.49. The van der Waals surface area contributed by atoms with Gasteiger partial charge in [0.15, 0.2) is 0 Å². The maximum Gasteiger partial charge on any atom is 0.272 e. The summed E-state index contributed by atoms with van der Waals surface area (Å²) in [6.07, 6.45) is 1.32. The molecule has 0 spiro atoms. The van der Waals surface area contributed by atoms with Gasteiger partial charge in [0.1, 0.15) is 5.83 Å². The SMILES string of the molecule is CC(NC(=O)C(Cl)(Cl)Cl)/C(F)=C/CCO. The highest BCUT2D eigenvalue weighted by molar-refractivity contribution is 6.76. The largest absolute Gasteiger partial charge is 0.396 e. The molecule has 0 rings (SSSR count). The highest BCUT2D eigenvalue weighted by atomic mass is 35.6. The van der Waals surface area contributed by atoms with Gasteiger partial charge in [-0.05, 0) is 19.4 Å². The van der Waals surface area contributed by atoms with Gasteiger partial charge in [-0.2, -0.15) is 0 Å². The first-order chi connectivity index (χ1) is 6.79. The fourth-order valence-corrected chi connectivity index (χ4v) is 0.890. The average molecular weight is 279 g/mol. The monoisotopic (exact) mass is 277 g/mol. The summed E-state index contributed by atoms with van der Waals surface area (Å²) in [5.41, 5.74) is 0. The summed E-state index contributed by atoms with van der Waals surface area (Å²) in [6, 6.07) is -0.889. The molecule has 0 aliphatic rings. The van der Waals surface area contributed by atoms with Gasteiger partial charge in [-0.3, -0.25) is 4.79 Å². The van der Waals surface area contributed by atoms with Crippen LogP contribution in [-0.4, -0.2) is 27.5 Å². The lowest BCUT2D eigenvalue weighted by atomic mass is 10.2. The van der Waals surface area contributed by atoms with Crippen molar-refractivity contribution in [3.63, 3.8) is 0 Å². The molecule has 0 aliphatic carbocycles. The Bertz CT molecular complexity index is 253. The zero-order chi connectivity index (χ0) is 12.1. The second-order valence-corrected chi connectivity index (χ2v) is 5.08. The lowest BCUT2D eigenvalue weighted by Crippen LogP contribution is -2.40. The number of alkyl halides is 3. The van der Waals surface area contributed by atoms with E-state index in [0.29, 0.717) is 0 Å². The second-order valence-electron chi connectivity index (χ2n) is 2.79. The van der Waals surface area contributed by atoms with Crippen molar-refractivity contribution >= 4 is 40.7 Å². The van der Waals surface area contributed by atoms with Crippen molar-refractivity contribution < 1.29 is 14.3 Å². The minimum absolute atomic E-state index is 0.166. The van der Waals surface area contributed by atoms with Gasteiger partial charge in [-0.25, -0.2) is 4.39 Å². The highest BCUT2D eigenvalue weighted by Crippen LogP contribution is 2.26. The van der Waals surface area contributed by atoms with E-state index >= 15 is 0 Å². The van der Waals surface area contributed by atoms with Crippen LogP contribution in [-0.2, 0) is 4.79 Å². The van der Waals surface area contributed by atoms with E-state index in [2.05, 4.69) is 5.32 Å². The number of carbonyl (C=O) groups is 1. The molecular formula is C8H11Cl3FNO2. The molecule has 0 fully saturated rings. The van der Waals surface area contributed by atoms with Crippen LogP contribution in [0.2, 0.25) is 0 Å². The van der Waals surface area contributed by atoms with E-state index in [-0.39, 0.29) is 13.0 Å². The third kappa shape index (κ3) is 6.20. The van der Waals surface area contributed by atoms with E-state index in [1.807, 2.05) is 0 Å². The summed E-state index contributed by atoms with van der Waals surface area (Å²) < 4.78 is 11.0. The van der Waals surface area contributed by atoms with Crippen LogP contribution >= 0.6 is 34.8 Å². The molecule has 0 heterocycles. The fraction of sp³-hybridized carbons (Fsp3) is 0.625. The van der Waals surface area contributed by atoms with Gasteiger partial charge >= 0.3 is 0 Å². The van der Waals surface area contributed by atoms with Crippen LogP contribution in [0, 0.1) is 0 Å². The molecule has 3 nitrogen and oxygen atoms in total. The Morgan fingerprint density at radius 3 is 2.53 bits per heavy atom. The first kappa shape index (κ1) is 15.0. The summed E-state index contributed by atoms with van der Waals surface area (Å²) in [7, 11) is 0. The predicted molar refractivity (Wildman–Crippen MR) is 58.8 cm³/mol. The Morgan fingerprint density at radius 1 is 1.60 bits per heavy atom. The molecular weight excluding hydrogens is 267 g/mol. The second kappa shape index (κ2) is 6.53. The van der Waals surface area contributed by atoms with E-state index in [1.54, 1.807) is 0 Å². The predicted octanol–water partition coefficient (Wildman–Crippen LogP) is 2.10. The first-order valence-corrected chi connectivity index (χ1v) is 5.26. The number of rotatable bonds is 4. The number of nitrogens with one attached hydrogen (secondary N) is 1. The van der Waals surface area contributed by atoms with Gasteiger partial charge in [0.25, 0.3) is 9.70 Å². The van der Waals surface area contributed by atoms with Gasteiger partial charge in [0.05, 0.1) is 6.04 Å². The Hall–Kier alpha value is -0.0300. The Labute approximate surface area is 102 Å². The van der Waals surface area contributed by atoms with E-state index in [9.17, 15) is 9.18 Å². The van der Waals surface area contributed by atoms with Gasteiger partial charge in [-0.15, -0.1) is 0 Å². The lowest BCUT2D eigenvalue weighted by molar-refractivity contribution is -0.120. The Balaban J connectivity index is 4.25. The van der Waals surface area contributed by atoms with Gasteiger partial charge in [0.2, 0.25) is 0 Å². The molecule has 0 aromatic carbocycles. The van der Waals surface area contributed by atoms with Crippen molar-refractivity contribution in [1.82, 2.24) is 5.32 Å². The van der Waals surface area contributed by atoms with Crippen LogP contribution < -0.4 is 5.32 Å². The molecule has 0 radical (unpaired) electrons. The average Bonchev–Trinajstić information content (AvgIpc) is 2.12. The van der Waals surface area contributed by atoms with E-state index < -0.39 is 21.6 Å². The van der Waals surface area contributed by atoms with Crippen molar-refractivity contribution in [2.24, 2.45) is 0 Å². The molecule has 88 valence electrons. The van der Waals surface area contributed by atoms with Crippen molar-refractivity contribution in [1.29, 1.82) is 0 Å². The van der Waals surface area contributed by atoms with Crippen LogP contribution in [0.4, 0.5) is 4.39 Å². The van der Waals surface area contributed by atoms with E-state index in [1.165, 1.54) is 6.92 Å². The van der Waals surface area contributed by atoms with Crippen LogP contribution in [0.25, 0.3) is 0 Å². The maximum atomic E-state index is 13.1. The fourth-order valence-electron chi connectivity index (χ4n) is 0.727. The zero-order valence-corrected chi connectivity index (χ0v) is 10.2. The van der Waals surface area contributed by atoms with Crippen LogP contribution in [0.15, 0.2) is 11.9 Å². The molecule has 7 heteroatoms. The minimum atomic E-state index is -2.11. The smallest absolute Gasteiger partial charge is 0.272 e. The number of aliphatic hydroxyl groups is 1. The van der Waals surface area contributed by atoms with E-state index in [0.717, 1.165) is 6.08 Å². The maximum absolute atomic E-state index is 13.1. The number of aliphatic hydroxyl groups excluding tert-OH is 1. The molecule has 0 aromatic rings. The van der Waals surface area contributed by atoms with Crippen LogP contribution in [0.3, 0.4) is 0 Å². The molecule has 1 unspecified atom stereocenters. The Morgan fingerprint density at radius 2 is 2.13 bits per heavy atom. The summed E-state index contributed by atoms with van der Waals surface area (Å²) in [5, 5.41) is 10.6. The lowest BCUT2D eigenvalue weighted by Gasteiger charge is -2.16. The molecule has 15 heavy (non-hydrogen) atoms. The van der Waals surface area contributed by atoms with E-state index in [4.69, 9.17) is 39.9 Å².